The van der Waals surface area contributed by atoms with E-state index < -0.39 is 0 Å². The Balaban J connectivity index is 2.00. The Morgan fingerprint density at radius 1 is 0.733 bits per heavy atom. The summed E-state index contributed by atoms with van der Waals surface area (Å²) in [5, 5.41) is 0. The van der Waals surface area contributed by atoms with Crippen LogP contribution in [0.1, 0.15) is 144 Å². The first-order chi connectivity index (χ1) is 14.2. The minimum absolute atomic E-state index is 0.0482. The molecule has 0 bridgehead atoms. The maximum Gasteiger partial charge on any atom is 0.136 e. The summed E-state index contributed by atoms with van der Waals surface area (Å²) in [6.07, 6.45) is 22.5. The Kier molecular flexibility index (Phi) is 13.5. The number of carbonyl (C=O) groups is 1. The predicted molar refractivity (Wildman–Crippen MR) is 133 cm³/mol. The van der Waals surface area contributed by atoms with Crippen molar-refractivity contribution in [3.05, 3.63) is 0 Å². The molecule has 1 unspecified atom stereocenters. The third-order valence-electron chi connectivity index (χ3n) is 8.57. The van der Waals surface area contributed by atoms with Crippen LogP contribution in [0.3, 0.4) is 0 Å². The molecule has 1 aliphatic rings. The van der Waals surface area contributed by atoms with Crippen LogP contribution in [0, 0.1) is 11.3 Å². The van der Waals surface area contributed by atoms with Gasteiger partial charge in [-0.3, -0.25) is 4.79 Å². The van der Waals surface area contributed by atoms with Crippen LogP contribution in [0.4, 0.5) is 0 Å². The van der Waals surface area contributed by atoms with Crippen LogP contribution in [0.25, 0.3) is 0 Å². The summed E-state index contributed by atoms with van der Waals surface area (Å²) in [4.78, 5) is 15.4. The zero-order valence-corrected chi connectivity index (χ0v) is 21.7. The lowest BCUT2D eigenvalue weighted by Gasteiger charge is -2.55. The molecule has 0 spiro atoms. The van der Waals surface area contributed by atoms with E-state index in [0.717, 1.165) is 25.8 Å². The first-order valence-electron chi connectivity index (χ1n) is 13.5. The number of nitrogens with zero attached hydrogens (tertiary/aromatic N) is 1. The van der Waals surface area contributed by atoms with Crippen molar-refractivity contribution in [2.45, 2.75) is 149 Å². The SMILES string of the molecule is CCCCCCCCCCCCCCCCCC(=O)C1CCN(C)C(C)(C)C1(C)C. The number of Topliss-reactive ketones (excluding diaryl/α,β-unsaturated/α-hetero) is 1. The van der Waals surface area contributed by atoms with E-state index in [-0.39, 0.29) is 16.9 Å². The number of carbonyl (C=O) groups excluding carboxylic acids is 1. The zero-order valence-electron chi connectivity index (χ0n) is 21.7. The summed E-state index contributed by atoms with van der Waals surface area (Å²) in [6, 6.07) is 0. The highest BCUT2D eigenvalue weighted by molar-refractivity contribution is 5.82. The number of hydrogen-bond acceptors (Lipinski definition) is 2. The molecule has 1 heterocycles. The van der Waals surface area contributed by atoms with Gasteiger partial charge in [0, 0.05) is 17.9 Å². The molecule has 0 aromatic heterocycles. The van der Waals surface area contributed by atoms with Gasteiger partial charge in [-0.05, 0) is 45.7 Å². The van der Waals surface area contributed by atoms with Crippen molar-refractivity contribution >= 4 is 5.78 Å². The van der Waals surface area contributed by atoms with Gasteiger partial charge in [0.25, 0.3) is 0 Å². The van der Waals surface area contributed by atoms with Crippen molar-refractivity contribution in [2.75, 3.05) is 13.6 Å². The largest absolute Gasteiger partial charge is 0.301 e. The molecule has 0 aliphatic carbocycles. The van der Waals surface area contributed by atoms with Crippen molar-refractivity contribution in [3.63, 3.8) is 0 Å². The Morgan fingerprint density at radius 3 is 1.57 bits per heavy atom. The van der Waals surface area contributed by atoms with Crippen molar-refractivity contribution < 1.29 is 4.79 Å². The van der Waals surface area contributed by atoms with Crippen LogP contribution in [0.2, 0.25) is 0 Å². The summed E-state index contributed by atoms with van der Waals surface area (Å²) in [5.74, 6) is 0.756. The molecular formula is C28H55NO. The maximum atomic E-state index is 12.9. The Morgan fingerprint density at radius 2 is 1.13 bits per heavy atom. The normalized spacial score (nSPS) is 21.1. The fourth-order valence-electron chi connectivity index (χ4n) is 5.29. The van der Waals surface area contributed by atoms with Crippen LogP contribution in [0.5, 0.6) is 0 Å². The molecule has 178 valence electrons. The average Bonchev–Trinajstić information content (AvgIpc) is 2.69. The van der Waals surface area contributed by atoms with Crippen molar-refractivity contribution in [2.24, 2.45) is 11.3 Å². The smallest absolute Gasteiger partial charge is 0.136 e. The standard InChI is InChI=1S/C28H55NO/c1-7-8-9-10-11-12-13-14-15-16-17-18-19-20-21-22-26(30)25-23-24-29(6)28(4,5)27(25,2)3/h25H,7-24H2,1-6H3. The zero-order chi connectivity index (χ0) is 22.5. The Hall–Kier alpha value is -0.370. The van der Waals surface area contributed by atoms with E-state index in [9.17, 15) is 4.79 Å². The van der Waals surface area contributed by atoms with E-state index in [4.69, 9.17) is 0 Å². The number of rotatable bonds is 17. The van der Waals surface area contributed by atoms with Gasteiger partial charge in [-0.2, -0.15) is 0 Å². The van der Waals surface area contributed by atoms with E-state index in [0.29, 0.717) is 5.78 Å². The highest BCUT2D eigenvalue weighted by Gasteiger charge is 2.50. The Labute approximate surface area is 190 Å². The lowest BCUT2D eigenvalue weighted by atomic mass is 9.60. The molecule has 0 radical (unpaired) electrons. The van der Waals surface area contributed by atoms with Gasteiger partial charge in [-0.1, -0.05) is 111 Å². The predicted octanol–water partition coefficient (Wildman–Crippen LogP) is 8.57. The van der Waals surface area contributed by atoms with Crippen LogP contribution in [-0.4, -0.2) is 29.8 Å². The van der Waals surface area contributed by atoms with Crippen molar-refractivity contribution in [3.8, 4) is 0 Å². The second-order valence-electron chi connectivity index (χ2n) is 11.2. The third kappa shape index (κ3) is 9.01. The molecule has 1 fully saturated rings. The third-order valence-corrected chi connectivity index (χ3v) is 8.57. The van der Waals surface area contributed by atoms with Gasteiger partial charge in [-0.15, -0.1) is 0 Å². The summed E-state index contributed by atoms with van der Waals surface area (Å²) in [5.41, 5.74) is 0.132. The van der Waals surface area contributed by atoms with Crippen molar-refractivity contribution in [1.29, 1.82) is 0 Å². The molecule has 2 nitrogen and oxygen atoms in total. The molecule has 1 aliphatic heterocycles. The number of ketones is 1. The average molecular weight is 422 g/mol. The number of piperidine rings is 1. The number of likely N-dealkylation sites (tertiary alicyclic amines) is 1. The molecule has 0 amide bonds. The quantitative estimate of drug-likeness (QED) is 0.219. The lowest BCUT2D eigenvalue weighted by Crippen LogP contribution is -2.61. The fourth-order valence-corrected chi connectivity index (χ4v) is 5.29. The van der Waals surface area contributed by atoms with Crippen LogP contribution in [-0.2, 0) is 4.79 Å². The minimum atomic E-state index is 0.0482. The second kappa shape index (κ2) is 14.6. The van der Waals surface area contributed by atoms with Gasteiger partial charge in [-0.25, -0.2) is 0 Å². The summed E-state index contributed by atoms with van der Waals surface area (Å²) >= 11 is 0. The molecule has 0 aromatic carbocycles. The summed E-state index contributed by atoms with van der Waals surface area (Å²) in [7, 11) is 2.21. The molecule has 0 saturated carbocycles. The van der Waals surface area contributed by atoms with E-state index in [1.807, 2.05) is 0 Å². The molecular weight excluding hydrogens is 366 g/mol. The summed E-state index contributed by atoms with van der Waals surface area (Å²) in [6.45, 7) is 12.6. The molecule has 0 N–H and O–H groups in total. The minimum Gasteiger partial charge on any atom is -0.301 e. The molecule has 1 saturated heterocycles. The van der Waals surface area contributed by atoms with E-state index in [1.54, 1.807) is 0 Å². The second-order valence-corrected chi connectivity index (χ2v) is 11.2. The van der Waals surface area contributed by atoms with Gasteiger partial charge >= 0.3 is 0 Å². The van der Waals surface area contributed by atoms with Gasteiger partial charge < -0.3 is 4.90 Å². The fraction of sp³-hybridized carbons (Fsp3) is 0.964. The van der Waals surface area contributed by atoms with E-state index in [2.05, 4.69) is 46.6 Å². The van der Waals surface area contributed by atoms with Gasteiger partial charge in [0.1, 0.15) is 5.78 Å². The highest BCUT2D eigenvalue weighted by Crippen LogP contribution is 2.47. The topological polar surface area (TPSA) is 20.3 Å². The molecule has 1 rings (SSSR count). The summed E-state index contributed by atoms with van der Waals surface area (Å²) < 4.78 is 0. The molecule has 1 atom stereocenters. The first-order valence-corrected chi connectivity index (χ1v) is 13.5. The van der Waals surface area contributed by atoms with E-state index in [1.165, 1.54) is 89.9 Å². The lowest BCUT2D eigenvalue weighted by molar-refractivity contribution is -0.137. The number of unbranched alkanes of at least 4 members (excludes halogenated alkanes) is 14. The number of hydrogen-bond donors (Lipinski definition) is 0. The molecule has 30 heavy (non-hydrogen) atoms. The van der Waals surface area contributed by atoms with Crippen LogP contribution in [0.15, 0.2) is 0 Å². The van der Waals surface area contributed by atoms with Crippen LogP contribution < -0.4 is 0 Å². The van der Waals surface area contributed by atoms with Gasteiger partial charge in [0.15, 0.2) is 0 Å². The maximum absolute atomic E-state index is 12.9. The van der Waals surface area contributed by atoms with Gasteiger partial charge in [0.2, 0.25) is 0 Å². The molecule has 2 heteroatoms. The Bertz CT molecular complexity index is 454. The first kappa shape index (κ1) is 27.7. The highest BCUT2D eigenvalue weighted by atomic mass is 16.1. The van der Waals surface area contributed by atoms with E-state index >= 15 is 0 Å². The van der Waals surface area contributed by atoms with Gasteiger partial charge in [0.05, 0.1) is 0 Å². The van der Waals surface area contributed by atoms with Crippen molar-refractivity contribution in [1.82, 2.24) is 4.90 Å². The monoisotopic (exact) mass is 421 g/mol. The molecule has 0 aromatic rings. The van der Waals surface area contributed by atoms with Crippen LogP contribution >= 0.6 is 0 Å².